The zero-order chi connectivity index (χ0) is 14.1. The largest absolute Gasteiger partial charge is 0.482 e. The van der Waals surface area contributed by atoms with Crippen molar-refractivity contribution in [2.45, 2.75) is 19.4 Å². The first kappa shape index (κ1) is 13.6. The van der Waals surface area contributed by atoms with Crippen molar-refractivity contribution >= 4 is 28.9 Å². The number of anilines is 1. The average molecular weight is 308 g/mol. The third kappa shape index (κ3) is 2.58. The van der Waals surface area contributed by atoms with Gasteiger partial charge in [-0.2, -0.15) is 0 Å². The molecule has 1 aliphatic rings. The Morgan fingerprint density at radius 2 is 2.00 bits per heavy atom. The van der Waals surface area contributed by atoms with Crippen LogP contribution in [0.25, 0.3) is 0 Å². The van der Waals surface area contributed by atoms with E-state index in [4.69, 9.17) is 27.9 Å². The van der Waals surface area contributed by atoms with Crippen molar-refractivity contribution in [2.75, 3.05) is 11.9 Å². The van der Waals surface area contributed by atoms with Crippen LogP contribution in [0.1, 0.15) is 24.2 Å². The number of fused-ring (bicyclic) bond motifs is 1. The van der Waals surface area contributed by atoms with Gasteiger partial charge in [-0.05, 0) is 41.8 Å². The summed E-state index contributed by atoms with van der Waals surface area (Å²) in [4.78, 5) is 0. The van der Waals surface area contributed by atoms with Gasteiger partial charge < -0.3 is 10.1 Å². The third-order valence-electron chi connectivity index (χ3n) is 3.51. The summed E-state index contributed by atoms with van der Waals surface area (Å²) in [6, 6.07) is 11.9. The molecule has 4 heteroatoms. The van der Waals surface area contributed by atoms with E-state index in [2.05, 4.69) is 24.4 Å². The standard InChI is InChI=1S/C16H15Cl2NO/c1-2-10-3-6-15-14(7-10)19-9-16(20-15)11-4-5-12(17)13(18)8-11/h3-8,16,19H,2,9H2,1H3. The number of ether oxygens (including phenoxy) is 1. The lowest BCUT2D eigenvalue weighted by Crippen LogP contribution is -2.23. The lowest BCUT2D eigenvalue weighted by atomic mass is 10.1. The van der Waals surface area contributed by atoms with Crippen molar-refractivity contribution in [3.63, 3.8) is 0 Å². The highest BCUT2D eigenvalue weighted by molar-refractivity contribution is 6.42. The summed E-state index contributed by atoms with van der Waals surface area (Å²) in [5, 5.41) is 4.54. The van der Waals surface area contributed by atoms with Crippen molar-refractivity contribution < 1.29 is 4.74 Å². The minimum atomic E-state index is -0.0512. The van der Waals surface area contributed by atoms with Crippen LogP contribution in [0.2, 0.25) is 10.0 Å². The molecule has 1 unspecified atom stereocenters. The molecule has 3 rings (SSSR count). The molecule has 1 atom stereocenters. The van der Waals surface area contributed by atoms with E-state index in [-0.39, 0.29) is 6.10 Å². The second-order valence-electron chi connectivity index (χ2n) is 4.85. The van der Waals surface area contributed by atoms with Crippen molar-refractivity contribution in [2.24, 2.45) is 0 Å². The van der Waals surface area contributed by atoms with Crippen LogP contribution in [0.5, 0.6) is 5.75 Å². The molecule has 0 saturated carbocycles. The highest BCUT2D eigenvalue weighted by Crippen LogP contribution is 2.36. The van der Waals surface area contributed by atoms with Crippen LogP contribution in [-0.2, 0) is 6.42 Å². The molecular formula is C16H15Cl2NO. The highest BCUT2D eigenvalue weighted by Gasteiger charge is 2.21. The van der Waals surface area contributed by atoms with Gasteiger partial charge in [0.25, 0.3) is 0 Å². The topological polar surface area (TPSA) is 21.3 Å². The molecule has 1 aliphatic heterocycles. The fourth-order valence-electron chi connectivity index (χ4n) is 2.33. The Morgan fingerprint density at radius 3 is 2.75 bits per heavy atom. The summed E-state index contributed by atoms with van der Waals surface area (Å²) in [6.45, 7) is 2.86. The number of aryl methyl sites for hydroxylation is 1. The monoisotopic (exact) mass is 307 g/mol. The molecule has 0 aliphatic carbocycles. The molecule has 2 aromatic carbocycles. The van der Waals surface area contributed by atoms with Gasteiger partial charge in [-0.15, -0.1) is 0 Å². The first-order valence-corrected chi connectivity index (χ1v) is 7.41. The van der Waals surface area contributed by atoms with E-state index in [9.17, 15) is 0 Å². The summed E-state index contributed by atoms with van der Waals surface area (Å²) in [5.74, 6) is 0.879. The van der Waals surface area contributed by atoms with E-state index in [1.165, 1.54) is 5.56 Å². The molecule has 20 heavy (non-hydrogen) atoms. The Labute approximate surface area is 128 Å². The molecule has 0 amide bonds. The van der Waals surface area contributed by atoms with Crippen molar-refractivity contribution in [1.82, 2.24) is 0 Å². The molecule has 1 heterocycles. The number of halogens is 2. The third-order valence-corrected chi connectivity index (χ3v) is 4.25. The van der Waals surface area contributed by atoms with Gasteiger partial charge in [0.2, 0.25) is 0 Å². The van der Waals surface area contributed by atoms with E-state index in [0.29, 0.717) is 10.0 Å². The van der Waals surface area contributed by atoms with E-state index < -0.39 is 0 Å². The molecule has 0 saturated heterocycles. The fourth-order valence-corrected chi connectivity index (χ4v) is 2.64. The van der Waals surface area contributed by atoms with Crippen LogP contribution >= 0.6 is 23.2 Å². The second-order valence-corrected chi connectivity index (χ2v) is 5.66. The van der Waals surface area contributed by atoms with Gasteiger partial charge >= 0.3 is 0 Å². The van der Waals surface area contributed by atoms with Gasteiger partial charge in [-0.1, -0.05) is 42.3 Å². The zero-order valence-corrected chi connectivity index (χ0v) is 12.6. The van der Waals surface area contributed by atoms with Gasteiger partial charge in [0.1, 0.15) is 11.9 Å². The maximum Gasteiger partial charge on any atom is 0.143 e. The SMILES string of the molecule is CCc1ccc2c(c1)NCC(c1ccc(Cl)c(Cl)c1)O2. The summed E-state index contributed by atoms with van der Waals surface area (Å²) in [5.41, 5.74) is 3.38. The summed E-state index contributed by atoms with van der Waals surface area (Å²) < 4.78 is 6.05. The Kier molecular flexibility index (Phi) is 3.77. The summed E-state index contributed by atoms with van der Waals surface area (Å²) in [6.07, 6.45) is 0.968. The Morgan fingerprint density at radius 1 is 1.15 bits per heavy atom. The molecule has 0 fully saturated rings. The van der Waals surface area contributed by atoms with Gasteiger partial charge in [0.15, 0.2) is 0 Å². The summed E-state index contributed by atoms with van der Waals surface area (Å²) in [7, 11) is 0. The van der Waals surface area contributed by atoms with Crippen LogP contribution in [0.3, 0.4) is 0 Å². The number of nitrogens with one attached hydrogen (secondary N) is 1. The quantitative estimate of drug-likeness (QED) is 0.833. The Hall–Kier alpha value is -1.38. The Bertz CT molecular complexity index is 642. The molecule has 1 N–H and O–H groups in total. The van der Waals surface area contributed by atoms with E-state index in [0.717, 1.165) is 30.0 Å². The van der Waals surface area contributed by atoms with Crippen molar-refractivity contribution in [3.8, 4) is 5.75 Å². The minimum Gasteiger partial charge on any atom is -0.482 e. The minimum absolute atomic E-state index is 0.0512. The van der Waals surface area contributed by atoms with E-state index in [1.807, 2.05) is 18.2 Å². The van der Waals surface area contributed by atoms with Crippen LogP contribution in [0.15, 0.2) is 36.4 Å². The van der Waals surface area contributed by atoms with Gasteiger partial charge in [-0.25, -0.2) is 0 Å². The van der Waals surface area contributed by atoms with Gasteiger partial charge in [0.05, 0.1) is 22.3 Å². The molecule has 0 spiro atoms. The predicted octanol–water partition coefficient (Wildman–Crippen LogP) is 5.10. The highest BCUT2D eigenvalue weighted by atomic mass is 35.5. The molecule has 0 bridgehead atoms. The van der Waals surface area contributed by atoms with E-state index in [1.54, 1.807) is 6.07 Å². The first-order valence-electron chi connectivity index (χ1n) is 6.65. The smallest absolute Gasteiger partial charge is 0.143 e. The van der Waals surface area contributed by atoms with Gasteiger partial charge in [-0.3, -0.25) is 0 Å². The van der Waals surface area contributed by atoms with Crippen LogP contribution < -0.4 is 10.1 Å². The van der Waals surface area contributed by atoms with Crippen molar-refractivity contribution in [3.05, 3.63) is 57.6 Å². The van der Waals surface area contributed by atoms with Crippen molar-refractivity contribution in [1.29, 1.82) is 0 Å². The second kappa shape index (κ2) is 5.55. The maximum atomic E-state index is 6.06. The number of hydrogen-bond donors (Lipinski definition) is 1. The van der Waals surface area contributed by atoms with Crippen LogP contribution in [0.4, 0.5) is 5.69 Å². The van der Waals surface area contributed by atoms with E-state index >= 15 is 0 Å². The predicted molar refractivity (Wildman–Crippen MR) is 84.1 cm³/mol. The number of benzene rings is 2. The van der Waals surface area contributed by atoms with Crippen LogP contribution in [-0.4, -0.2) is 6.54 Å². The zero-order valence-electron chi connectivity index (χ0n) is 11.1. The van der Waals surface area contributed by atoms with Crippen LogP contribution in [0, 0.1) is 0 Å². The molecule has 0 radical (unpaired) electrons. The molecule has 104 valence electrons. The average Bonchev–Trinajstić information content (AvgIpc) is 2.49. The Balaban J connectivity index is 1.86. The molecular weight excluding hydrogens is 293 g/mol. The first-order chi connectivity index (χ1) is 9.67. The molecule has 2 aromatic rings. The lowest BCUT2D eigenvalue weighted by Gasteiger charge is -2.28. The summed E-state index contributed by atoms with van der Waals surface area (Å²) >= 11 is 12.0. The fraction of sp³-hybridized carbons (Fsp3) is 0.250. The normalized spacial score (nSPS) is 17.1. The number of hydrogen-bond acceptors (Lipinski definition) is 2. The number of rotatable bonds is 2. The van der Waals surface area contributed by atoms with Gasteiger partial charge in [0, 0.05) is 0 Å². The lowest BCUT2D eigenvalue weighted by molar-refractivity contribution is 0.210. The maximum absolute atomic E-state index is 6.06. The molecule has 2 nitrogen and oxygen atoms in total. The molecule has 0 aromatic heterocycles.